The first-order valence-corrected chi connectivity index (χ1v) is 12.4. The Bertz CT molecular complexity index is 1250. The summed E-state index contributed by atoms with van der Waals surface area (Å²) in [6.45, 7) is 6.71. The molecule has 0 aliphatic carbocycles. The molecule has 2 aromatic heterocycles. The summed E-state index contributed by atoms with van der Waals surface area (Å²) in [5, 5.41) is 0. The van der Waals surface area contributed by atoms with Crippen LogP contribution >= 0.6 is 0 Å². The van der Waals surface area contributed by atoms with Gasteiger partial charge in [-0.05, 0) is 56.2 Å². The van der Waals surface area contributed by atoms with Crippen molar-refractivity contribution in [2.75, 3.05) is 56.2 Å². The number of nitrogens with zero attached hydrogens (tertiary/aromatic N) is 6. The Balaban J connectivity index is 1.27. The average molecular weight is 477 g/mol. The number of benzene rings is 1. The van der Waals surface area contributed by atoms with Crippen molar-refractivity contribution in [2.24, 2.45) is 5.92 Å². The normalized spacial score (nSPS) is 18.7. The van der Waals surface area contributed by atoms with E-state index in [0.29, 0.717) is 43.2 Å². The third kappa shape index (κ3) is 4.54. The van der Waals surface area contributed by atoms with E-state index in [9.17, 15) is 9.59 Å². The molecule has 9 nitrogen and oxygen atoms in total. The van der Waals surface area contributed by atoms with E-state index in [0.717, 1.165) is 43.9 Å². The van der Waals surface area contributed by atoms with Gasteiger partial charge in [0.2, 0.25) is 5.91 Å². The number of anilines is 2. The number of aryl methyl sites for hydroxylation is 1. The maximum atomic E-state index is 13.4. The number of aromatic nitrogens is 3. The fraction of sp³-hybridized carbons (Fsp3) is 0.462. The van der Waals surface area contributed by atoms with Crippen molar-refractivity contribution in [3.63, 3.8) is 0 Å². The molecule has 1 atom stereocenters. The third-order valence-electron chi connectivity index (χ3n) is 7.10. The predicted molar refractivity (Wildman–Crippen MR) is 136 cm³/mol. The molecule has 5 rings (SSSR count). The van der Waals surface area contributed by atoms with Crippen molar-refractivity contribution < 1.29 is 9.53 Å². The molecule has 0 N–H and O–H groups in total. The summed E-state index contributed by atoms with van der Waals surface area (Å²) in [7, 11) is 1.67. The molecular formula is C26H32N6O3. The van der Waals surface area contributed by atoms with Crippen molar-refractivity contribution in [3.8, 4) is 5.75 Å². The SMILES string of the molecule is CCn1c(=O)c(N2CCC[C@@H](C(=O)N3CCN(c4ccc(OC)cc4)CC3)C2)nc2cccnc21. The lowest BCUT2D eigenvalue weighted by molar-refractivity contribution is -0.136. The molecule has 1 aromatic carbocycles. The highest BCUT2D eigenvalue weighted by molar-refractivity contribution is 5.80. The Hall–Kier alpha value is -3.62. The molecule has 3 aromatic rings. The minimum atomic E-state index is -0.139. The number of methoxy groups -OCH3 is 1. The number of rotatable bonds is 5. The van der Waals surface area contributed by atoms with Crippen LogP contribution in [0.5, 0.6) is 5.75 Å². The molecule has 9 heteroatoms. The average Bonchev–Trinajstić information content (AvgIpc) is 2.92. The van der Waals surface area contributed by atoms with Gasteiger partial charge in [-0.25, -0.2) is 9.97 Å². The van der Waals surface area contributed by atoms with E-state index in [1.54, 1.807) is 17.9 Å². The maximum Gasteiger partial charge on any atom is 0.295 e. The summed E-state index contributed by atoms with van der Waals surface area (Å²) < 4.78 is 6.92. The number of hydrogen-bond donors (Lipinski definition) is 0. The topological polar surface area (TPSA) is 83.8 Å². The van der Waals surface area contributed by atoms with Crippen LogP contribution in [0.3, 0.4) is 0 Å². The van der Waals surface area contributed by atoms with Gasteiger partial charge in [0.05, 0.1) is 13.0 Å². The second-order valence-corrected chi connectivity index (χ2v) is 9.13. The number of ether oxygens (including phenoxy) is 1. The molecule has 184 valence electrons. The van der Waals surface area contributed by atoms with Crippen LogP contribution in [0, 0.1) is 5.92 Å². The predicted octanol–water partition coefficient (Wildman–Crippen LogP) is 2.39. The van der Waals surface area contributed by atoms with Gasteiger partial charge < -0.3 is 19.4 Å². The second-order valence-electron chi connectivity index (χ2n) is 9.13. The molecule has 0 spiro atoms. The lowest BCUT2D eigenvalue weighted by Gasteiger charge is -2.40. The minimum Gasteiger partial charge on any atom is -0.497 e. The molecule has 4 heterocycles. The van der Waals surface area contributed by atoms with E-state index in [4.69, 9.17) is 4.74 Å². The van der Waals surface area contributed by atoms with E-state index in [1.807, 2.05) is 41.0 Å². The first kappa shape index (κ1) is 23.1. The van der Waals surface area contributed by atoms with Crippen molar-refractivity contribution in [1.82, 2.24) is 19.4 Å². The zero-order valence-corrected chi connectivity index (χ0v) is 20.4. The monoisotopic (exact) mass is 476 g/mol. The quantitative estimate of drug-likeness (QED) is 0.559. The Kier molecular flexibility index (Phi) is 6.57. The Morgan fingerprint density at radius 3 is 2.54 bits per heavy atom. The fourth-order valence-corrected chi connectivity index (χ4v) is 5.17. The molecule has 1 amide bonds. The summed E-state index contributed by atoms with van der Waals surface area (Å²) in [6.07, 6.45) is 3.38. The standard InChI is InChI=1S/C26H32N6O3/c1-3-32-23-22(7-4-12-27-23)28-24(26(32)34)31-13-5-6-19(18-31)25(33)30-16-14-29(15-17-30)20-8-10-21(35-2)11-9-20/h4,7-12,19H,3,5-6,13-18H2,1-2H3/t19-/m1/s1. The summed E-state index contributed by atoms with van der Waals surface area (Å²) in [4.78, 5) is 41.9. The number of piperidine rings is 1. The van der Waals surface area contributed by atoms with Gasteiger partial charge >= 0.3 is 0 Å². The molecule has 2 saturated heterocycles. The van der Waals surface area contributed by atoms with Crippen LogP contribution in [0.25, 0.3) is 11.2 Å². The van der Waals surface area contributed by atoms with Crippen molar-refractivity contribution in [3.05, 3.63) is 52.9 Å². The maximum absolute atomic E-state index is 13.4. The number of piperazine rings is 1. The molecule has 2 aliphatic heterocycles. The molecule has 2 aliphatic rings. The third-order valence-corrected chi connectivity index (χ3v) is 7.10. The van der Waals surface area contributed by atoms with Gasteiger partial charge in [-0.1, -0.05) is 0 Å². The number of amides is 1. The summed E-state index contributed by atoms with van der Waals surface area (Å²) in [6, 6.07) is 11.8. The van der Waals surface area contributed by atoms with E-state index in [2.05, 4.69) is 27.0 Å². The second kappa shape index (κ2) is 9.93. The summed E-state index contributed by atoms with van der Waals surface area (Å²) in [5.41, 5.74) is 2.31. The van der Waals surface area contributed by atoms with Gasteiger partial charge in [-0.3, -0.25) is 14.2 Å². The number of carbonyl (C=O) groups is 1. The number of fused-ring (bicyclic) bond motifs is 1. The van der Waals surface area contributed by atoms with Gasteiger partial charge in [-0.15, -0.1) is 0 Å². The van der Waals surface area contributed by atoms with E-state index < -0.39 is 0 Å². The molecule has 0 saturated carbocycles. The number of carbonyl (C=O) groups excluding carboxylic acids is 1. The zero-order chi connectivity index (χ0) is 24.4. The smallest absolute Gasteiger partial charge is 0.295 e. The lowest BCUT2D eigenvalue weighted by atomic mass is 9.96. The number of pyridine rings is 1. The fourth-order valence-electron chi connectivity index (χ4n) is 5.17. The highest BCUT2D eigenvalue weighted by atomic mass is 16.5. The molecular weight excluding hydrogens is 444 g/mol. The van der Waals surface area contributed by atoms with Crippen LogP contribution in [0.1, 0.15) is 19.8 Å². The Morgan fingerprint density at radius 1 is 1.06 bits per heavy atom. The Morgan fingerprint density at radius 2 is 1.83 bits per heavy atom. The van der Waals surface area contributed by atoms with E-state index >= 15 is 0 Å². The van der Waals surface area contributed by atoms with Crippen LogP contribution in [0.2, 0.25) is 0 Å². The first-order chi connectivity index (χ1) is 17.1. The molecule has 35 heavy (non-hydrogen) atoms. The van der Waals surface area contributed by atoms with Gasteiger partial charge in [0.15, 0.2) is 11.5 Å². The molecule has 2 fully saturated rings. The van der Waals surface area contributed by atoms with Crippen molar-refractivity contribution in [2.45, 2.75) is 26.3 Å². The summed E-state index contributed by atoms with van der Waals surface area (Å²) >= 11 is 0. The Labute approximate surface area is 204 Å². The van der Waals surface area contributed by atoms with Gasteiger partial charge in [0.1, 0.15) is 11.3 Å². The lowest BCUT2D eigenvalue weighted by Crippen LogP contribution is -2.53. The van der Waals surface area contributed by atoms with Crippen LogP contribution in [-0.2, 0) is 11.3 Å². The molecule has 0 radical (unpaired) electrons. The molecule has 0 bridgehead atoms. The minimum absolute atomic E-state index is 0.128. The van der Waals surface area contributed by atoms with Crippen molar-refractivity contribution >= 4 is 28.6 Å². The van der Waals surface area contributed by atoms with Crippen LogP contribution in [0.15, 0.2) is 47.4 Å². The largest absolute Gasteiger partial charge is 0.497 e. The van der Waals surface area contributed by atoms with E-state index in [1.165, 1.54) is 0 Å². The highest BCUT2D eigenvalue weighted by Gasteiger charge is 2.32. The van der Waals surface area contributed by atoms with E-state index in [-0.39, 0.29) is 17.4 Å². The van der Waals surface area contributed by atoms with Crippen LogP contribution < -0.4 is 20.1 Å². The van der Waals surface area contributed by atoms with Crippen LogP contribution in [-0.4, -0.2) is 71.7 Å². The first-order valence-electron chi connectivity index (χ1n) is 12.4. The van der Waals surface area contributed by atoms with Gasteiger partial charge in [0.25, 0.3) is 5.56 Å². The van der Waals surface area contributed by atoms with Gasteiger partial charge in [0, 0.05) is 57.7 Å². The highest BCUT2D eigenvalue weighted by Crippen LogP contribution is 2.25. The van der Waals surface area contributed by atoms with Crippen molar-refractivity contribution in [1.29, 1.82) is 0 Å². The van der Waals surface area contributed by atoms with Crippen LogP contribution in [0.4, 0.5) is 11.5 Å². The summed E-state index contributed by atoms with van der Waals surface area (Å²) in [5.74, 6) is 1.32. The van der Waals surface area contributed by atoms with Gasteiger partial charge in [-0.2, -0.15) is 0 Å². The molecule has 0 unspecified atom stereocenters. The number of hydrogen-bond acceptors (Lipinski definition) is 7. The zero-order valence-electron chi connectivity index (χ0n) is 20.4.